The van der Waals surface area contributed by atoms with Gasteiger partial charge in [-0.25, -0.2) is 4.39 Å². The van der Waals surface area contributed by atoms with E-state index in [4.69, 9.17) is 15.3 Å². The smallest absolute Gasteiger partial charge is 0.373 e. The largest absolute Gasteiger partial charge is 0.399 e. The van der Waals surface area contributed by atoms with Gasteiger partial charge in [0.2, 0.25) is 0 Å². The van der Waals surface area contributed by atoms with Gasteiger partial charge in [-0.15, -0.1) is 0 Å². The molecule has 3 nitrogen and oxygen atoms in total. The Morgan fingerprint density at radius 3 is 2.18 bits per heavy atom. The van der Waals surface area contributed by atoms with Gasteiger partial charge in [-0.2, -0.15) is 9.59 Å². The Hall–Kier alpha value is -1.67. The minimum Gasteiger partial charge on any atom is -0.399 e. The van der Waals surface area contributed by atoms with Crippen molar-refractivity contribution in [2.45, 2.75) is 0 Å². The van der Waals surface area contributed by atoms with E-state index in [9.17, 15) is 4.39 Å². The van der Waals surface area contributed by atoms with Gasteiger partial charge in [-0.3, -0.25) is 0 Å². The maximum atomic E-state index is 12.1. The van der Waals surface area contributed by atoms with Gasteiger partial charge in [0.25, 0.3) is 0 Å². The summed E-state index contributed by atoms with van der Waals surface area (Å²) in [6.45, 7) is 0. The monoisotopic (exact) mass is 155 g/mol. The lowest BCUT2D eigenvalue weighted by molar-refractivity contribution is -0.191. The molecule has 58 valence electrons. The van der Waals surface area contributed by atoms with Gasteiger partial charge in [-0.1, -0.05) is 6.07 Å². The molecule has 1 aromatic rings. The molecule has 0 saturated heterocycles. The van der Waals surface area contributed by atoms with E-state index in [1.54, 1.807) is 12.1 Å². The number of halogens is 1. The lowest BCUT2D eigenvalue weighted by atomic mass is 10.3. The van der Waals surface area contributed by atoms with E-state index in [0.717, 1.165) is 0 Å². The summed E-state index contributed by atoms with van der Waals surface area (Å²) in [7, 11) is 0. The molecule has 0 aromatic heterocycles. The van der Waals surface area contributed by atoms with Gasteiger partial charge in [0, 0.05) is 5.69 Å². The lowest BCUT2D eigenvalue weighted by Crippen LogP contribution is -1.83. The normalized spacial score (nSPS) is 7.36. The standard InChI is InChI=1S/C6H6FN.CO2/c7-5-2-1-3-6(8)4-5;2-1-3/h1-4H,8H2;. The summed E-state index contributed by atoms with van der Waals surface area (Å²) < 4.78 is 12.1. The minimum absolute atomic E-state index is 0.250. The fraction of sp³-hybridized carbons (Fsp3) is 0. The Morgan fingerprint density at radius 1 is 1.36 bits per heavy atom. The molecule has 0 aliphatic rings. The second kappa shape index (κ2) is 5.14. The number of hydrogen-bond donors (Lipinski definition) is 1. The van der Waals surface area contributed by atoms with Crippen molar-refractivity contribution < 1.29 is 14.0 Å². The van der Waals surface area contributed by atoms with Crippen molar-refractivity contribution in [1.29, 1.82) is 0 Å². The molecule has 1 rings (SSSR count). The Labute approximate surface area is 62.6 Å². The summed E-state index contributed by atoms with van der Waals surface area (Å²) in [6.07, 6.45) is 0.250. The summed E-state index contributed by atoms with van der Waals surface area (Å²) in [5, 5.41) is 0. The van der Waals surface area contributed by atoms with Gasteiger partial charge in [0.05, 0.1) is 0 Å². The number of anilines is 1. The first-order valence-electron chi connectivity index (χ1n) is 2.71. The summed E-state index contributed by atoms with van der Waals surface area (Å²) in [5.74, 6) is -0.287. The molecule has 0 heterocycles. The molecule has 0 saturated carbocycles. The van der Waals surface area contributed by atoms with E-state index >= 15 is 0 Å². The Morgan fingerprint density at radius 2 is 1.91 bits per heavy atom. The van der Waals surface area contributed by atoms with Crippen LogP contribution in [0.2, 0.25) is 0 Å². The van der Waals surface area contributed by atoms with E-state index in [0.29, 0.717) is 5.69 Å². The molecular formula is C7H6FNO2. The highest BCUT2D eigenvalue weighted by atomic mass is 19.1. The fourth-order valence-electron chi connectivity index (χ4n) is 0.507. The molecule has 4 heteroatoms. The second-order valence-electron chi connectivity index (χ2n) is 1.64. The van der Waals surface area contributed by atoms with E-state index < -0.39 is 0 Å². The Bertz CT molecular complexity index is 239. The van der Waals surface area contributed by atoms with Crippen molar-refractivity contribution in [2.24, 2.45) is 0 Å². The van der Waals surface area contributed by atoms with E-state index in [1.807, 2.05) is 0 Å². The van der Waals surface area contributed by atoms with Crippen LogP contribution in [-0.4, -0.2) is 6.15 Å². The minimum atomic E-state index is -0.287. The molecule has 0 atom stereocenters. The van der Waals surface area contributed by atoms with Gasteiger partial charge in [0.1, 0.15) is 5.82 Å². The predicted molar refractivity (Wildman–Crippen MR) is 35.8 cm³/mol. The van der Waals surface area contributed by atoms with Crippen molar-refractivity contribution in [3.8, 4) is 0 Å². The zero-order chi connectivity index (χ0) is 8.69. The van der Waals surface area contributed by atoms with Crippen LogP contribution in [0.25, 0.3) is 0 Å². The highest BCUT2D eigenvalue weighted by Crippen LogP contribution is 2.02. The summed E-state index contributed by atoms with van der Waals surface area (Å²) in [5.41, 5.74) is 5.68. The molecule has 1 aromatic carbocycles. The summed E-state index contributed by atoms with van der Waals surface area (Å²) in [4.78, 5) is 16.2. The molecule has 0 bridgehead atoms. The lowest BCUT2D eigenvalue weighted by Gasteiger charge is -1.88. The van der Waals surface area contributed by atoms with Gasteiger partial charge in [0.15, 0.2) is 0 Å². The molecule has 0 spiro atoms. The third kappa shape index (κ3) is 4.81. The SMILES string of the molecule is Nc1cccc(F)c1.O=C=O. The van der Waals surface area contributed by atoms with Crippen molar-refractivity contribution in [3.05, 3.63) is 30.1 Å². The number of nitrogen functional groups attached to an aromatic ring is 1. The maximum Gasteiger partial charge on any atom is 0.373 e. The van der Waals surface area contributed by atoms with Crippen molar-refractivity contribution >= 4 is 11.8 Å². The Balaban J connectivity index is 0.000000292. The van der Waals surface area contributed by atoms with Crippen molar-refractivity contribution in [1.82, 2.24) is 0 Å². The van der Waals surface area contributed by atoms with Crippen LogP contribution in [0.3, 0.4) is 0 Å². The van der Waals surface area contributed by atoms with Gasteiger partial charge < -0.3 is 5.73 Å². The molecular weight excluding hydrogens is 149 g/mol. The molecule has 0 unspecified atom stereocenters. The van der Waals surface area contributed by atoms with Crippen LogP contribution in [0.5, 0.6) is 0 Å². The quantitative estimate of drug-likeness (QED) is 0.564. The topological polar surface area (TPSA) is 60.2 Å². The summed E-state index contributed by atoms with van der Waals surface area (Å²) in [6, 6.07) is 5.85. The van der Waals surface area contributed by atoms with Crippen LogP contribution in [0.4, 0.5) is 10.1 Å². The first kappa shape index (κ1) is 9.33. The zero-order valence-corrected chi connectivity index (χ0v) is 5.58. The molecule has 0 fully saturated rings. The van der Waals surface area contributed by atoms with Crippen LogP contribution in [0.15, 0.2) is 24.3 Å². The van der Waals surface area contributed by atoms with Crippen LogP contribution >= 0.6 is 0 Å². The Kier molecular flexibility index (Phi) is 4.36. The number of rotatable bonds is 0. The van der Waals surface area contributed by atoms with Gasteiger partial charge in [-0.05, 0) is 18.2 Å². The number of benzene rings is 1. The van der Waals surface area contributed by atoms with Crippen LogP contribution in [0, 0.1) is 5.82 Å². The molecule has 2 N–H and O–H groups in total. The average Bonchev–Trinajstić information content (AvgIpc) is 1.88. The maximum absolute atomic E-state index is 12.1. The molecule has 0 amide bonds. The number of nitrogens with two attached hydrogens (primary N) is 1. The van der Waals surface area contributed by atoms with Crippen molar-refractivity contribution in [3.63, 3.8) is 0 Å². The highest BCUT2D eigenvalue weighted by molar-refractivity contribution is 5.36. The van der Waals surface area contributed by atoms with Crippen molar-refractivity contribution in [2.75, 3.05) is 5.73 Å². The highest BCUT2D eigenvalue weighted by Gasteiger charge is 1.85. The van der Waals surface area contributed by atoms with E-state index in [2.05, 4.69) is 0 Å². The van der Waals surface area contributed by atoms with Gasteiger partial charge >= 0.3 is 6.15 Å². The van der Waals surface area contributed by atoms with E-state index in [1.165, 1.54) is 12.1 Å². The molecule has 0 aliphatic heterocycles. The third-order valence-corrected chi connectivity index (χ3v) is 0.849. The molecule has 0 radical (unpaired) electrons. The first-order chi connectivity index (χ1) is 5.20. The number of hydrogen-bond acceptors (Lipinski definition) is 3. The molecule has 11 heavy (non-hydrogen) atoms. The zero-order valence-electron chi connectivity index (χ0n) is 5.58. The second-order valence-corrected chi connectivity index (χ2v) is 1.64. The molecule has 0 aliphatic carbocycles. The van der Waals surface area contributed by atoms with Crippen LogP contribution in [-0.2, 0) is 9.59 Å². The summed E-state index contributed by atoms with van der Waals surface area (Å²) >= 11 is 0. The van der Waals surface area contributed by atoms with Crippen LogP contribution < -0.4 is 5.73 Å². The van der Waals surface area contributed by atoms with E-state index in [-0.39, 0.29) is 12.0 Å². The number of carbonyl (C=O) groups excluding carboxylic acids is 2. The predicted octanol–water partition coefficient (Wildman–Crippen LogP) is 0.824. The first-order valence-corrected chi connectivity index (χ1v) is 2.71. The average molecular weight is 155 g/mol. The van der Waals surface area contributed by atoms with Crippen LogP contribution in [0.1, 0.15) is 0 Å². The third-order valence-electron chi connectivity index (χ3n) is 0.849. The fourth-order valence-corrected chi connectivity index (χ4v) is 0.507.